The first kappa shape index (κ1) is 18.7. The van der Waals surface area contributed by atoms with E-state index in [1.807, 2.05) is 30.3 Å². The molecule has 4 nitrogen and oxygen atoms in total. The third kappa shape index (κ3) is 4.37. The minimum absolute atomic E-state index is 0.0161. The summed E-state index contributed by atoms with van der Waals surface area (Å²) < 4.78 is 10.7. The lowest BCUT2D eigenvalue weighted by molar-refractivity contribution is 0.0811. The molecule has 138 valence electrons. The number of hydrogen-bond donors (Lipinski definition) is 0. The zero-order valence-electron chi connectivity index (χ0n) is 15.2. The summed E-state index contributed by atoms with van der Waals surface area (Å²) in [6, 6.07) is 13.2. The van der Waals surface area contributed by atoms with E-state index in [0.29, 0.717) is 10.6 Å². The summed E-state index contributed by atoms with van der Waals surface area (Å²) in [6.07, 6.45) is 1.94. The van der Waals surface area contributed by atoms with E-state index in [1.54, 1.807) is 26.4 Å². The Bertz CT molecular complexity index is 778. The second-order valence-electron chi connectivity index (χ2n) is 6.64. The quantitative estimate of drug-likeness (QED) is 0.701. The van der Waals surface area contributed by atoms with Crippen LogP contribution in [-0.2, 0) is 6.54 Å². The van der Waals surface area contributed by atoms with Crippen molar-refractivity contribution >= 4 is 17.4 Å². The maximum atomic E-state index is 12.8. The normalized spacial score (nSPS) is 17.7. The van der Waals surface area contributed by atoms with Gasteiger partial charge in [0.25, 0.3) is 0 Å². The molecule has 1 atom stereocenters. The smallest absolute Gasteiger partial charge is 0.167 e. The molecule has 0 amide bonds. The molecule has 0 saturated carbocycles. The maximum absolute atomic E-state index is 12.8. The highest BCUT2D eigenvalue weighted by Gasteiger charge is 2.26. The fraction of sp³-hybridized carbons (Fsp3) is 0.381. The van der Waals surface area contributed by atoms with Gasteiger partial charge in [0.1, 0.15) is 0 Å². The van der Waals surface area contributed by atoms with Crippen LogP contribution in [0.5, 0.6) is 11.5 Å². The minimum Gasteiger partial charge on any atom is -0.493 e. The number of carbonyl (C=O) groups is 1. The summed E-state index contributed by atoms with van der Waals surface area (Å²) in [7, 11) is 3.27. The molecule has 0 spiro atoms. The van der Waals surface area contributed by atoms with Gasteiger partial charge in [0.05, 0.1) is 14.2 Å². The van der Waals surface area contributed by atoms with Crippen LogP contribution in [0.3, 0.4) is 0 Å². The summed E-state index contributed by atoms with van der Waals surface area (Å²) in [5.41, 5.74) is 1.86. The van der Waals surface area contributed by atoms with Gasteiger partial charge in [0, 0.05) is 29.6 Å². The first-order valence-corrected chi connectivity index (χ1v) is 9.21. The number of methoxy groups -OCH3 is 2. The van der Waals surface area contributed by atoms with Crippen molar-refractivity contribution in [3.05, 3.63) is 58.6 Å². The Kier molecular flexibility index (Phi) is 6.17. The zero-order valence-corrected chi connectivity index (χ0v) is 16.0. The molecule has 1 saturated heterocycles. The lowest BCUT2D eigenvalue weighted by Crippen LogP contribution is -2.38. The van der Waals surface area contributed by atoms with Crippen LogP contribution >= 0.6 is 11.6 Å². The topological polar surface area (TPSA) is 38.8 Å². The number of likely N-dealkylation sites (tertiary alicyclic amines) is 1. The molecule has 1 unspecified atom stereocenters. The summed E-state index contributed by atoms with van der Waals surface area (Å²) in [6.45, 7) is 2.55. The molecule has 0 bridgehead atoms. The Morgan fingerprint density at radius 1 is 1.15 bits per heavy atom. The molecule has 0 aliphatic carbocycles. The average Bonchev–Trinajstić information content (AvgIpc) is 2.67. The van der Waals surface area contributed by atoms with E-state index in [-0.39, 0.29) is 11.7 Å². The second kappa shape index (κ2) is 8.56. The summed E-state index contributed by atoms with van der Waals surface area (Å²) in [5, 5.41) is 0.605. The van der Waals surface area contributed by atoms with Crippen LogP contribution in [0.1, 0.15) is 28.8 Å². The number of piperidine rings is 1. The van der Waals surface area contributed by atoms with Crippen molar-refractivity contribution in [1.29, 1.82) is 0 Å². The molecule has 1 aliphatic rings. The van der Waals surface area contributed by atoms with Crippen molar-refractivity contribution in [1.82, 2.24) is 4.90 Å². The predicted molar refractivity (Wildman–Crippen MR) is 103 cm³/mol. The third-order valence-electron chi connectivity index (χ3n) is 4.84. The number of carbonyl (C=O) groups excluding carboxylic acids is 1. The van der Waals surface area contributed by atoms with Crippen LogP contribution in [-0.4, -0.2) is 38.0 Å². The molecule has 0 aromatic heterocycles. The summed E-state index contributed by atoms with van der Waals surface area (Å²) in [4.78, 5) is 15.1. The predicted octanol–water partition coefficient (Wildman–Crippen LogP) is 4.45. The molecule has 2 aromatic carbocycles. The first-order chi connectivity index (χ1) is 12.6. The highest BCUT2D eigenvalue weighted by Crippen LogP contribution is 2.29. The molecule has 1 heterocycles. The SMILES string of the molecule is COc1ccc(CN2CCCC(C(=O)c3cccc(Cl)c3)C2)cc1OC. The van der Waals surface area contributed by atoms with Crippen LogP contribution < -0.4 is 9.47 Å². The highest BCUT2D eigenvalue weighted by atomic mass is 35.5. The molecular weight excluding hydrogens is 350 g/mol. The Morgan fingerprint density at radius 3 is 2.69 bits per heavy atom. The van der Waals surface area contributed by atoms with Crippen molar-refractivity contribution in [2.75, 3.05) is 27.3 Å². The lowest BCUT2D eigenvalue weighted by Gasteiger charge is -2.32. The van der Waals surface area contributed by atoms with Gasteiger partial charge in [-0.3, -0.25) is 9.69 Å². The van der Waals surface area contributed by atoms with E-state index in [9.17, 15) is 4.79 Å². The number of ketones is 1. The second-order valence-corrected chi connectivity index (χ2v) is 7.07. The standard InChI is InChI=1S/C21H24ClNO3/c1-25-19-9-8-15(11-20(19)26-2)13-23-10-4-6-17(14-23)21(24)16-5-3-7-18(22)12-16/h3,5,7-9,11-12,17H,4,6,10,13-14H2,1-2H3. The molecular formula is C21H24ClNO3. The van der Waals surface area contributed by atoms with E-state index in [2.05, 4.69) is 4.90 Å². The van der Waals surface area contributed by atoms with Gasteiger partial charge in [0.15, 0.2) is 17.3 Å². The van der Waals surface area contributed by atoms with Gasteiger partial charge in [-0.2, -0.15) is 0 Å². The molecule has 26 heavy (non-hydrogen) atoms. The number of hydrogen-bond acceptors (Lipinski definition) is 4. The van der Waals surface area contributed by atoms with Crippen molar-refractivity contribution in [2.45, 2.75) is 19.4 Å². The molecule has 1 fully saturated rings. The molecule has 5 heteroatoms. The van der Waals surface area contributed by atoms with Gasteiger partial charge < -0.3 is 9.47 Å². The van der Waals surface area contributed by atoms with Gasteiger partial charge in [-0.15, -0.1) is 0 Å². The van der Waals surface area contributed by atoms with E-state index < -0.39 is 0 Å². The Hall–Kier alpha value is -2.04. The first-order valence-electron chi connectivity index (χ1n) is 8.83. The number of Topliss-reactive ketones (excluding diaryl/α,β-unsaturated/α-hetero) is 1. The van der Waals surface area contributed by atoms with Crippen molar-refractivity contribution in [2.24, 2.45) is 5.92 Å². The van der Waals surface area contributed by atoms with E-state index in [0.717, 1.165) is 49.5 Å². The van der Waals surface area contributed by atoms with E-state index >= 15 is 0 Å². The fourth-order valence-electron chi connectivity index (χ4n) is 3.53. The minimum atomic E-state index is 0.0161. The van der Waals surface area contributed by atoms with E-state index in [1.165, 1.54) is 0 Å². The van der Waals surface area contributed by atoms with Crippen molar-refractivity contribution in [3.63, 3.8) is 0 Å². The highest BCUT2D eigenvalue weighted by molar-refractivity contribution is 6.31. The van der Waals surface area contributed by atoms with Gasteiger partial charge in [0.2, 0.25) is 0 Å². The molecule has 1 aliphatic heterocycles. The number of benzene rings is 2. The maximum Gasteiger partial charge on any atom is 0.167 e. The van der Waals surface area contributed by atoms with Gasteiger partial charge in [-0.05, 0) is 49.2 Å². The lowest BCUT2D eigenvalue weighted by atomic mass is 9.90. The molecule has 2 aromatic rings. The van der Waals surface area contributed by atoms with Gasteiger partial charge >= 0.3 is 0 Å². The number of rotatable bonds is 6. The largest absolute Gasteiger partial charge is 0.493 e. The molecule has 0 radical (unpaired) electrons. The van der Waals surface area contributed by atoms with Crippen LogP contribution in [0.15, 0.2) is 42.5 Å². The van der Waals surface area contributed by atoms with Crippen molar-refractivity contribution < 1.29 is 14.3 Å². The van der Waals surface area contributed by atoms with Gasteiger partial charge in [-0.1, -0.05) is 29.8 Å². The summed E-state index contributed by atoms with van der Waals surface area (Å²) >= 11 is 6.03. The zero-order chi connectivity index (χ0) is 18.5. The average molecular weight is 374 g/mol. The Morgan fingerprint density at radius 2 is 1.96 bits per heavy atom. The van der Waals surface area contributed by atoms with Crippen LogP contribution in [0.4, 0.5) is 0 Å². The van der Waals surface area contributed by atoms with Crippen LogP contribution in [0, 0.1) is 5.92 Å². The molecule has 0 N–H and O–H groups in total. The number of ether oxygens (including phenoxy) is 2. The Balaban J connectivity index is 1.68. The third-order valence-corrected chi connectivity index (χ3v) is 5.07. The molecule has 3 rings (SSSR count). The fourth-order valence-corrected chi connectivity index (χ4v) is 3.72. The summed E-state index contributed by atoms with van der Waals surface area (Å²) in [5.74, 6) is 1.66. The van der Waals surface area contributed by atoms with Crippen LogP contribution in [0.2, 0.25) is 5.02 Å². The van der Waals surface area contributed by atoms with E-state index in [4.69, 9.17) is 21.1 Å². The number of nitrogens with zero attached hydrogens (tertiary/aromatic N) is 1. The Labute approximate surface area is 159 Å². The monoisotopic (exact) mass is 373 g/mol. The van der Waals surface area contributed by atoms with Crippen LogP contribution in [0.25, 0.3) is 0 Å². The number of halogens is 1. The van der Waals surface area contributed by atoms with Gasteiger partial charge in [-0.25, -0.2) is 0 Å². The van der Waals surface area contributed by atoms with Crippen molar-refractivity contribution in [3.8, 4) is 11.5 Å².